The summed E-state index contributed by atoms with van der Waals surface area (Å²) in [5.41, 5.74) is 6.80. The van der Waals surface area contributed by atoms with Crippen molar-refractivity contribution in [3.63, 3.8) is 0 Å². The van der Waals surface area contributed by atoms with Crippen molar-refractivity contribution in [2.24, 2.45) is 5.92 Å². The molecule has 0 spiro atoms. The van der Waals surface area contributed by atoms with Crippen LogP contribution in [0.15, 0.2) is 35.7 Å². The first-order valence-electron chi connectivity index (χ1n) is 15.9. The largest absolute Gasteiger partial charge is 0.496 e. The number of hydrogen-bond acceptors (Lipinski definition) is 8. The Balaban J connectivity index is 1.32. The van der Waals surface area contributed by atoms with Gasteiger partial charge in [-0.15, -0.1) is 11.3 Å². The monoisotopic (exact) mass is 605 g/mol. The number of para-hydroxylation sites is 1. The van der Waals surface area contributed by atoms with E-state index in [1.165, 1.54) is 30.4 Å². The van der Waals surface area contributed by atoms with Gasteiger partial charge < -0.3 is 23.9 Å². The van der Waals surface area contributed by atoms with Gasteiger partial charge >= 0.3 is 0 Å². The number of hydrogen-bond donors (Lipinski definition) is 0. The fourth-order valence-corrected chi connectivity index (χ4v) is 7.52. The first-order chi connectivity index (χ1) is 21.0. The maximum absolute atomic E-state index is 11.6. The number of ether oxygens (including phenoxy) is 3. The van der Waals surface area contributed by atoms with E-state index in [2.05, 4.69) is 66.3 Å². The predicted molar refractivity (Wildman–Crippen MR) is 175 cm³/mol. The Morgan fingerprint density at radius 2 is 2.05 bits per heavy atom. The molecule has 1 fully saturated rings. The van der Waals surface area contributed by atoms with E-state index in [-0.39, 0.29) is 12.0 Å². The number of rotatable bonds is 13. The minimum Gasteiger partial charge on any atom is -0.496 e. The number of aldehydes is 1. The summed E-state index contributed by atoms with van der Waals surface area (Å²) in [4.78, 5) is 21.5. The maximum atomic E-state index is 11.6. The van der Waals surface area contributed by atoms with Crippen LogP contribution in [0.5, 0.6) is 11.5 Å². The average Bonchev–Trinajstić information content (AvgIpc) is 3.53. The minimum absolute atomic E-state index is 0.0529. The van der Waals surface area contributed by atoms with Gasteiger partial charge in [0, 0.05) is 61.3 Å². The predicted octanol–water partition coefficient (Wildman–Crippen LogP) is 7.07. The van der Waals surface area contributed by atoms with Crippen molar-refractivity contribution in [3.8, 4) is 22.8 Å². The highest BCUT2D eigenvalue weighted by Crippen LogP contribution is 2.38. The van der Waals surface area contributed by atoms with Crippen molar-refractivity contribution in [2.75, 3.05) is 38.3 Å². The maximum Gasteiger partial charge on any atom is 0.185 e. The van der Waals surface area contributed by atoms with Crippen LogP contribution >= 0.6 is 11.3 Å². The number of carbonyl (C=O) groups excluding carboxylic acids is 1. The van der Waals surface area contributed by atoms with Gasteiger partial charge in [-0.25, -0.2) is 4.98 Å². The van der Waals surface area contributed by atoms with Gasteiger partial charge in [-0.05, 0) is 68.4 Å². The van der Waals surface area contributed by atoms with Crippen LogP contribution in [0.1, 0.15) is 68.7 Å². The molecule has 3 heterocycles. The van der Waals surface area contributed by atoms with E-state index in [4.69, 9.17) is 19.2 Å². The van der Waals surface area contributed by atoms with E-state index in [0.717, 1.165) is 77.8 Å². The van der Waals surface area contributed by atoms with Crippen molar-refractivity contribution < 1.29 is 19.0 Å². The SMILES string of the molecule is CCCC(CC)N1CCc2cc(COc3c(C)cccc3-c3csc(N4CCC(C=O)C(OCC)C4)n3)cc(OC)c2C1. The number of piperidine rings is 1. The van der Waals surface area contributed by atoms with Gasteiger partial charge in [-0.2, -0.15) is 0 Å². The molecule has 2 aromatic carbocycles. The van der Waals surface area contributed by atoms with Crippen molar-refractivity contribution in [1.82, 2.24) is 9.88 Å². The van der Waals surface area contributed by atoms with Gasteiger partial charge in [0.1, 0.15) is 24.4 Å². The van der Waals surface area contributed by atoms with Gasteiger partial charge in [-0.3, -0.25) is 4.90 Å². The lowest BCUT2D eigenvalue weighted by atomic mass is 9.94. The molecule has 3 aromatic rings. The molecule has 3 atom stereocenters. The van der Waals surface area contributed by atoms with Gasteiger partial charge in [0.25, 0.3) is 0 Å². The van der Waals surface area contributed by atoms with Crippen LogP contribution in [-0.2, 0) is 29.1 Å². The molecular formula is C35H47N3O4S. The Bertz CT molecular complexity index is 1360. The molecule has 0 N–H and O–H groups in total. The standard InChI is InChI=1S/C35H47N3O4S/c1-6-10-28(7-2)37-15-13-26-17-25(18-32(40-5)30(26)19-37)22-42-34-24(4)11-9-12-29(34)31-23-43-35(36-31)38-16-14-27(21-39)33(20-38)41-8-3/h9,11-12,17-18,21,23,27-28,33H,6-8,10,13-16,19-20,22H2,1-5H3. The molecule has 1 aromatic heterocycles. The van der Waals surface area contributed by atoms with Crippen LogP contribution in [0.4, 0.5) is 5.13 Å². The summed E-state index contributed by atoms with van der Waals surface area (Å²) >= 11 is 1.63. The number of anilines is 1. The molecule has 8 heteroatoms. The molecule has 3 unspecified atom stereocenters. The van der Waals surface area contributed by atoms with Gasteiger partial charge in [-0.1, -0.05) is 38.5 Å². The van der Waals surface area contributed by atoms with Gasteiger partial charge in [0.05, 0.1) is 18.9 Å². The van der Waals surface area contributed by atoms with E-state index in [0.29, 0.717) is 25.8 Å². The highest BCUT2D eigenvalue weighted by atomic mass is 32.1. The van der Waals surface area contributed by atoms with Crippen LogP contribution in [-0.4, -0.2) is 61.7 Å². The van der Waals surface area contributed by atoms with Crippen molar-refractivity contribution in [1.29, 1.82) is 0 Å². The summed E-state index contributed by atoms with van der Waals surface area (Å²) in [5, 5.41) is 3.06. The summed E-state index contributed by atoms with van der Waals surface area (Å²) in [6, 6.07) is 11.3. The molecule has 232 valence electrons. The van der Waals surface area contributed by atoms with Crippen molar-refractivity contribution >= 4 is 22.8 Å². The second kappa shape index (κ2) is 14.7. The molecule has 5 rings (SSSR count). The van der Waals surface area contributed by atoms with E-state index < -0.39 is 0 Å². The number of thiazole rings is 1. The molecular weight excluding hydrogens is 558 g/mol. The minimum atomic E-state index is -0.0949. The van der Waals surface area contributed by atoms with Crippen molar-refractivity contribution in [2.45, 2.75) is 85.1 Å². The van der Waals surface area contributed by atoms with Crippen LogP contribution in [0.25, 0.3) is 11.3 Å². The third-order valence-corrected chi connectivity index (χ3v) is 9.92. The van der Waals surface area contributed by atoms with Crippen LogP contribution in [0.3, 0.4) is 0 Å². The van der Waals surface area contributed by atoms with Crippen molar-refractivity contribution in [3.05, 3.63) is 58.0 Å². The molecule has 2 aliphatic heterocycles. The van der Waals surface area contributed by atoms with E-state index in [9.17, 15) is 4.79 Å². The number of aryl methyl sites for hydroxylation is 1. The lowest BCUT2D eigenvalue weighted by Crippen LogP contribution is -2.45. The lowest BCUT2D eigenvalue weighted by Gasteiger charge is -2.36. The third kappa shape index (κ3) is 7.08. The molecule has 2 aliphatic rings. The molecule has 0 bridgehead atoms. The fourth-order valence-electron chi connectivity index (χ4n) is 6.66. The number of carbonyl (C=O) groups is 1. The van der Waals surface area contributed by atoms with E-state index >= 15 is 0 Å². The fraction of sp³-hybridized carbons (Fsp3) is 0.543. The quantitative estimate of drug-likeness (QED) is 0.193. The Morgan fingerprint density at radius 1 is 1.19 bits per heavy atom. The van der Waals surface area contributed by atoms with Gasteiger partial charge in [0.2, 0.25) is 0 Å². The average molecular weight is 606 g/mol. The summed E-state index contributed by atoms with van der Waals surface area (Å²) in [7, 11) is 1.78. The number of aromatic nitrogens is 1. The molecule has 1 saturated heterocycles. The number of fused-ring (bicyclic) bond motifs is 1. The zero-order valence-corrected chi connectivity index (χ0v) is 27.3. The topological polar surface area (TPSA) is 64.1 Å². The summed E-state index contributed by atoms with van der Waals surface area (Å²) in [5.74, 6) is 1.77. The Hall–Kier alpha value is -2.94. The highest BCUT2D eigenvalue weighted by Gasteiger charge is 2.31. The Kier molecular flexibility index (Phi) is 10.8. The lowest BCUT2D eigenvalue weighted by molar-refractivity contribution is -0.116. The summed E-state index contributed by atoms with van der Waals surface area (Å²) in [6.45, 7) is 13.2. The second-order valence-corrected chi connectivity index (χ2v) is 12.6. The first kappa shape index (κ1) is 31.5. The summed E-state index contributed by atoms with van der Waals surface area (Å²) < 4.78 is 18.4. The normalized spacial score (nSPS) is 19.6. The number of methoxy groups -OCH3 is 1. The molecule has 0 amide bonds. The first-order valence-corrected chi connectivity index (χ1v) is 16.8. The second-order valence-electron chi connectivity index (χ2n) is 11.8. The molecule has 0 radical (unpaired) electrons. The Morgan fingerprint density at radius 3 is 2.79 bits per heavy atom. The van der Waals surface area contributed by atoms with Crippen LogP contribution in [0, 0.1) is 12.8 Å². The van der Waals surface area contributed by atoms with Crippen LogP contribution < -0.4 is 14.4 Å². The van der Waals surface area contributed by atoms with Gasteiger partial charge in [0.15, 0.2) is 5.13 Å². The molecule has 0 aliphatic carbocycles. The van der Waals surface area contributed by atoms with E-state index in [1.54, 1.807) is 18.4 Å². The number of nitrogens with zero attached hydrogens (tertiary/aromatic N) is 3. The zero-order chi connectivity index (χ0) is 30.3. The highest BCUT2D eigenvalue weighted by molar-refractivity contribution is 7.14. The Labute approximate surface area is 261 Å². The third-order valence-electron chi connectivity index (χ3n) is 9.02. The molecule has 43 heavy (non-hydrogen) atoms. The van der Waals surface area contributed by atoms with Crippen LogP contribution in [0.2, 0.25) is 0 Å². The summed E-state index contributed by atoms with van der Waals surface area (Å²) in [6.07, 6.45) is 6.40. The molecule has 7 nitrogen and oxygen atoms in total. The molecule has 0 saturated carbocycles. The van der Waals surface area contributed by atoms with E-state index in [1.807, 2.05) is 6.92 Å². The smallest absolute Gasteiger partial charge is 0.185 e. The number of benzene rings is 2. The zero-order valence-electron chi connectivity index (χ0n) is 26.4.